The molecule has 2 amide bonds. The van der Waals surface area contributed by atoms with Gasteiger partial charge in [-0.1, -0.05) is 0 Å². The molecule has 11 heteroatoms. The monoisotopic (exact) mass is 404 g/mol. The number of halogens is 3. The number of nitro benzene ring substituents is 1. The minimum absolute atomic E-state index is 0.120. The summed E-state index contributed by atoms with van der Waals surface area (Å²) in [6.07, 6.45) is -3.96. The number of urea groups is 1. The third-order valence-corrected chi connectivity index (χ3v) is 4.35. The van der Waals surface area contributed by atoms with Crippen molar-refractivity contribution in [3.05, 3.63) is 33.9 Å². The number of piperazine rings is 1. The Kier molecular flexibility index (Phi) is 7.44. The summed E-state index contributed by atoms with van der Waals surface area (Å²) in [4.78, 5) is 25.7. The zero-order valence-electron chi connectivity index (χ0n) is 15.5. The van der Waals surface area contributed by atoms with Crippen molar-refractivity contribution in [1.29, 1.82) is 0 Å². The number of rotatable bonds is 7. The molecule has 0 bridgehead atoms. The van der Waals surface area contributed by atoms with Crippen molar-refractivity contribution in [2.24, 2.45) is 0 Å². The maximum Gasteiger partial charge on any atom is 0.416 e. The summed E-state index contributed by atoms with van der Waals surface area (Å²) in [5.41, 5.74) is -1.54. The molecule has 1 N–H and O–H groups in total. The van der Waals surface area contributed by atoms with Gasteiger partial charge in [0.2, 0.25) is 0 Å². The summed E-state index contributed by atoms with van der Waals surface area (Å²) >= 11 is 0. The normalized spacial score (nSPS) is 14.9. The van der Waals surface area contributed by atoms with Gasteiger partial charge in [0.1, 0.15) is 5.69 Å². The van der Waals surface area contributed by atoms with E-state index in [1.165, 1.54) is 0 Å². The Morgan fingerprint density at radius 2 is 1.96 bits per heavy atom. The van der Waals surface area contributed by atoms with Crippen LogP contribution in [0.2, 0.25) is 0 Å². The Labute approximate surface area is 160 Å². The van der Waals surface area contributed by atoms with Gasteiger partial charge in [0.15, 0.2) is 0 Å². The second-order valence-electron chi connectivity index (χ2n) is 6.21. The molecular weight excluding hydrogens is 381 g/mol. The first kappa shape index (κ1) is 21.7. The van der Waals surface area contributed by atoms with Gasteiger partial charge in [-0.2, -0.15) is 13.2 Å². The average Bonchev–Trinajstić information content (AvgIpc) is 2.66. The number of alkyl halides is 3. The quantitative estimate of drug-likeness (QED) is 0.429. The van der Waals surface area contributed by atoms with Crippen molar-refractivity contribution in [3.63, 3.8) is 0 Å². The van der Waals surface area contributed by atoms with Crippen LogP contribution in [0.1, 0.15) is 18.9 Å². The van der Waals surface area contributed by atoms with Crippen LogP contribution in [0.15, 0.2) is 18.2 Å². The SMILES string of the molecule is CCOCCCNC(=O)N1CCN(c2ccc(C(F)(F)F)cc2[N+](=O)[O-])CC1. The molecule has 1 heterocycles. The van der Waals surface area contributed by atoms with Crippen LogP contribution in [0.4, 0.5) is 29.3 Å². The highest BCUT2D eigenvalue weighted by atomic mass is 19.4. The van der Waals surface area contributed by atoms with E-state index in [2.05, 4.69) is 5.32 Å². The Hall–Kier alpha value is -2.56. The van der Waals surface area contributed by atoms with Crippen molar-refractivity contribution in [2.75, 3.05) is 50.8 Å². The largest absolute Gasteiger partial charge is 0.416 e. The van der Waals surface area contributed by atoms with Crippen molar-refractivity contribution >= 4 is 17.4 Å². The van der Waals surface area contributed by atoms with Gasteiger partial charge in [0.05, 0.1) is 10.5 Å². The Morgan fingerprint density at radius 1 is 1.29 bits per heavy atom. The molecule has 1 aromatic rings. The molecule has 28 heavy (non-hydrogen) atoms. The average molecular weight is 404 g/mol. The minimum atomic E-state index is -4.65. The number of hydrogen-bond donors (Lipinski definition) is 1. The number of nitrogens with zero attached hydrogens (tertiary/aromatic N) is 3. The maximum absolute atomic E-state index is 12.8. The smallest absolute Gasteiger partial charge is 0.382 e. The molecule has 8 nitrogen and oxygen atoms in total. The molecule has 1 aliphatic rings. The fourth-order valence-electron chi connectivity index (χ4n) is 2.89. The number of nitrogens with one attached hydrogen (secondary N) is 1. The summed E-state index contributed by atoms with van der Waals surface area (Å²) in [6, 6.07) is 2.26. The van der Waals surface area contributed by atoms with E-state index in [4.69, 9.17) is 4.74 Å². The number of carbonyl (C=O) groups is 1. The molecule has 0 unspecified atom stereocenters. The second kappa shape index (κ2) is 9.58. The van der Waals surface area contributed by atoms with Crippen molar-refractivity contribution < 1.29 is 27.6 Å². The Bertz CT molecular complexity index is 691. The number of benzene rings is 1. The third-order valence-electron chi connectivity index (χ3n) is 4.35. The van der Waals surface area contributed by atoms with Crippen LogP contribution < -0.4 is 10.2 Å². The van der Waals surface area contributed by atoms with Crippen LogP contribution in [0.25, 0.3) is 0 Å². The maximum atomic E-state index is 12.8. The minimum Gasteiger partial charge on any atom is -0.382 e. The van der Waals surface area contributed by atoms with E-state index >= 15 is 0 Å². The molecule has 1 fully saturated rings. The van der Waals surface area contributed by atoms with E-state index in [1.54, 1.807) is 9.80 Å². The predicted molar refractivity (Wildman–Crippen MR) is 96.4 cm³/mol. The van der Waals surface area contributed by atoms with Gasteiger partial charge in [0.25, 0.3) is 5.69 Å². The van der Waals surface area contributed by atoms with Crippen LogP contribution in [0.5, 0.6) is 0 Å². The zero-order chi connectivity index (χ0) is 20.7. The molecule has 0 aromatic heterocycles. The van der Waals surface area contributed by atoms with Gasteiger partial charge >= 0.3 is 12.2 Å². The lowest BCUT2D eigenvalue weighted by Crippen LogP contribution is -2.52. The number of nitro groups is 1. The summed E-state index contributed by atoms with van der Waals surface area (Å²) in [6.45, 7) is 4.75. The van der Waals surface area contributed by atoms with E-state index in [1.807, 2.05) is 6.92 Å². The van der Waals surface area contributed by atoms with Crippen LogP contribution in [0, 0.1) is 10.1 Å². The van der Waals surface area contributed by atoms with Crippen LogP contribution in [0.3, 0.4) is 0 Å². The van der Waals surface area contributed by atoms with Gasteiger partial charge in [0, 0.05) is 52.0 Å². The number of amides is 2. The lowest BCUT2D eigenvalue weighted by atomic mass is 10.1. The summed E-state index contributed by atoms with van der Waals surface area (Å²) < 4.78 is 43.6. The van der Waals surface area contributed by atoms with E-state index in [0.717, 1.165) is 12.1 Å². The summed E-state index contributed by atoms with van der Waals surface area (Å²) in [7, 11) is 0. The first-order valence-corrected chi connectivity index (χ1v) is 8.95. The van der Waals surface area contributed by atoms with Crippen LogP contribution in [-0.2, 0) is 10.9 Å². The molecule has 156 valence electrons. The van der Waals surface area contributed by atoms with Gasteiger partial charge in [-0.25, -0.2) is 4.79 Å². The predicted octanol–water partition coefficient (Wildman–Crippen LogP) is 2.87. The summed E-state index contributed by atoms with van der Waals surface area (Å²) in [5.74, 6) is 0. The number of carbonyl (C=O) groups excluding carboxylic acids is 1. The highest BCUT2D eigenvalue weighted by Crippen LogP contribution is 2.36. The second-order valence-corrected chi connectivity index (χ2v) is 6.21. The van der Waals surface area contributed by atoms with Crippen LogP contribution >= 0.6 is 0 Å². The molecular formula is C17H23F3N4O4. The fourth-order valence-corrected chi connectivity index (χ4v) is 2.89. The van der Waals surface area contributed by atoms with Crippen LogP contribution in [-0.4, -0.2) is 61.8 Å². The molecule has 1 aromatic carbocycles. The van der Waals surface area contributed by atoms with E-state index < -0.39 is 22.4 Å². The standard InChI is InChI=1S/C17H23F3N4O4/c1-2-28-11-3-6-21-16(25)23-9-7-22(8-10-23)14-5-4-13(17(18,19)20)12-15(14)24(26)27/h4-5,12H,2-3,6-11H2,1H3,(H,21,25). The molecule has 2 rings (SSSR count). The highest BCUT2D eigenvalue weighted by Gasteiger charge is 2.34. The van der Waals surface area contributed by atoms with Crippen molar-refractivity contribution in [2.45, 2.75) is 19.5 Å². The molecule has 0 saturated carbocycles. The fraction of sp³-hybridized carbons (Fsp3) is 0.588. The topological polar surface area (TPSA) is 88.0 Å². The van der Waals surface area contributed by atoms with Crippen molar-refractivity contribution in [3.8, 4) is 0 Å². The van der Waals surface area contributed by atoms with E-state index in [9.17, 15) is 28.1 Å². The number of hydrogen-bond acceptors (Lipinski definition) is 5. The lowest BCUT2D eigenvalue weighted by molar-refractivity contribution is -0.384. The first-order chi connectivity index (χ1) is 13.2. The van der Waals surface area contributed by atoms with Gasteiger partial charge in [-0.15, -0.1) is 0 Å². The summed E-state index contributed by atoms with van der Waals surface area (Å²) in [5, 5.41) is 14.0. The molecule has 0 spiro atoms. The van der Waals surface area contributed by atoms with E-state index in [-0.39, 0.29) is 11.7 Å². The number of anilines is 1. The first-order valence-electron chi connectivity index (χ1n) is 8.95. The van der Waals surface area contributed by atoms with Crippen molar-refractivity contribution in [1.82, 2.24) is 10.2 Å². The molecule has 0 radical (unpaired) electrons. The molecule has 0 atom stereocenters. The van der Waals surface area contributed by atoms with Gasteiger partial charge in [-0.05, 0) is 25.5 Å². The molecule has 1 saturated heterocycles. The molecule has 1 aliphatic heterocycles. The lowest BCUT2D eigenvalue weighted by Gasteiger charge is -2.35. The van der Waals surface area contributed by atoms with Gasteiger partial charge < -0.3 is 19.9 Å². The molecule has 0 aliphatic carbocycles. The van der Waals surface area contributed by atoms with E-state index in [0.29, 0.717) is 58.4 Å². The Morgan fingerprint density at radius 3 is 2.54 bits per heavy atom. The third kappa shape index (κ3) is 5.72. The zero-order valence-corrected chi connectivity index (χ0v) is 15.5. The Balaban J connectivity index is 1.95. The van der Waals surface area contributed by atoms with Gasteiger partial charge in [-0.3, -0.25) is 10.1 Å². The number of ether oxygens (including phenoxy) is 1. The highest BCUT2D eigenvalue weighted by molar-refractivity contribution is 5.74.